The number of pyridine rings is 1. The smallest absolute Gasteiger partial charge is 0.186 e. The minimum atomic E-state index is 0.139. The number of carbonyl (C=O) groups is 1. The third kappa shape index (κ3) is 3.17. The molecule has 0 fully saturated rings. The Bertz CT molecular complexity index is 558. The van der Waals surface area contributed by atoms with Gasteiger partial charge < -0.3 is 0 Å². The van der Waals surface area contributed by atoms with Crippen LogP contribution in [-0.4, -0.2) is 15.9 Å². The zero-order valence-corrected chi connectivity index (χ0v) is 10.4. The maximum Gasteiger partial charge on any atom is 0.186 e. The Hall–Kier alpha value is -1.61. The highest BCUT2D eigenvalue weighted by atomic mass is 32.2. The van der Waals surface area contributed by atoms with Crippen LogP contribution in [0.5, 0.6) is 0 Å². The van der Waals surface area contributed by atoms with Gasteiger partial charge in [0.15, 0.2) is 5.12 Å². The van der Waals surface area contributed by atoms with Crippen molar-refractivity contribution in [3.8, 4) is 0 Å². The van der Waals surface area contributed by atoms with Crippen molar-refractivity contribution in [3.63, 3.8) is 0 Å². The van der Waals surface area contributed by atoms with Crippen LogP contribution in [0.25, 0.3) is 16.8 Å². The van der Waals surface area contributed by atoms with Gasteiger partial charge in [0.25, 0.3) is 0 Å². The summed E-state index contributed by atoms with van der Waals surface area (Å²) in [5, 5.41) is 2.46. The van der Waals surface area contributed by atoms with E-state index < -0.39 is 0 Å². The average molecular weight is 243 g/mol. The van der Waals surface area contributed by atoms with E-state index in [1.165, 1.54) is 17.1 Å². The van der Waals surface area contributed by atoms with Gasteiger partial charge in [0.05, 0.1) is 5.69 Å². The van der Waals surface area contributed by atoms with E-state index >= 15 is 0 Å². The van der Waals surface area contributed by atoms with Gasteiger partial charge in [0, 0.05) is 24.3 Å². The van der Waals surface area contributed by atoms with E-state index in [1.54, 1.807) is 13.1 Å². The molecular formula is C14H13NOS. The lowest BCUT2D eigenvalue weighted by Gasteiger charge is -2.00. The highest BCUT2D eigenvalue weighted by Gasteiger charge is 1.97. The summed E-state index contributed by atoms with van der Waals surface area (Å²) in [6, 6.07) is 10.1. The third-order valence-electron chi connectivity index (χ3n) is 2.36. The van der Waals surface area contributed by atoms with Gasteiger partial charge in [-0.15, -0.1) is 0 Å². The van der Waals surface area contributed by atoms with E-state index in [2.05, 4.69) is 17.1 Å². The second-order valence-corrected chi connectivity index (χ2v) is 4.82. The van der Waals surface area contributed by atoms with Crippen LogP contribution in [0.15, 0.2) is 42.6 Å². The zero-order valence-electron chi connectivity index (χ0n) is 9.59. The van der Waals surface area contributed by atoms with Gasteiger partial charge >= 0.3 is 0 Å². The molecule has 0 aliphatic carbocycles. The van der Waals surface area contributed by atoms with Crippen LogP contribution >= 0.6 is 11.8 Å². The molecule has 0 saturated heterocycles. The van der Waals surface area contributed by atoms with E-state index in [4.69, 9.17) is 0 Å². The molecule has 3 heteroatoms. The topological polar surface area (TPSA) is 30.0 Å². The summed E-state index contributed by atoms with van der Waals surface area (Å²) in [6.45, 7) is 1.58. The monoisotopic (exact) mass is 243 g/mol. The molecule has 2 aromatic rings. The Kier molecular flexibility index (Phi) is 3.94. The number of carbonyl (C=O) groups excluding carboxylic acids is 1. The predicted octanol–water partition coefficient (Wildman–Crippen LogP) is 3.53. The molecular weight excluding hydrogens is 230 g/mol. The number of fused-ring (bicyclic) bond motifs is 1. The van der Waals surface area contributed by atoms with Crippen molar-refractivity contribution in [2.24, 2.45) is 0 Å². The first-order valence-corrected chi connectivity index (χ1v) is 6.39. The number of benzene rings is 1. The zero-order chi connectivity index (χ0) is 12.1. The Morgan fingerprint density at radius 2 is 2.18 bits per heavy atom. The molecule has 0 unspecified atom stereocenters. The lowest BCUT2D eigenvalue weighted by molar-refractivity contribution is -0.109. The normalized spacial score (nSPS) is 11.1. The van der Waals surface area contributed by atoms with E-state index in [9.17, 15) is 4.79 Å². The standard InChI is InChI=1S/C14H13NOS/c1-11(16)17-10-4-7-14-13-6-3-2-5-12(13)8-9-15-14/h2-9H,10H2,1H3. The van der Waals surface area contributed by atoms with Crippen molar-refractivity contribution in [2.45, 2.75) is 6.92 Å². The van der Waals surface area contributed by atoms with Crippen LogP contribution in [0.4, 0.5) is 0 Å². The van der Waals surface area contributed by atoms with Gasteiger partial charge in [0.2, 0.25) is 0 Å². The lowest BCUT2D eigenvalue weighted by atomic mass is 10.1. The van der Waals surface area contributed by atoms with Crippen molar-refractivity contribution in [3.05, 3.63) is 48.3 Å². The summed E-state index contributed by atoms with van der Waals surface area (Å²) < 4.78 is 0. The second-order valence-electron chi connectivity index (χ2n) is 3.62. The molecule has 0 aliphatic rings. The highest BCUT2D eigenvalue weighted by molar-refractivity contribution is 8.13. The molecule has 1 aromatic heterocycles. The SMILES string of the molecule is CC(=O)SCC=Cc1nccc2ccccc12. The number of aromatic nitrogens is 1. The van der Waals surface area contributed by atoms with Gasteiger partial charge in [-0.25, -0.2) is 0 Å². The largest absolute Gasteiger partial charge is 0.288 e. The molecule has 1 aromatic carbocycles. The first kappa shape index (κ1) is 11.9. The minimum absolute atomic E-state index is 0.139. The molecule has 0 radical (unpaired) electrons. The van der Waals surface area contributed by atoms with Crippen molar-refractivity contribution < 1.29 is 4.79 Å². The summed E-state index contributed by atoms with van der Waals surface area (Å²) >= 11 is 1.30. The Morgan fingerprint density at radius 1 is 1.35 bits per heavy atom. The van der Waals surface area contributed by atoms with Crippen molar-refractivity contribution >= 4 is 33.7 Å². The van der Waals surface area contributed by atoms with Gasteiger partial charge in [0.1, 0.15) is 0 Å². The average Bonchev–Trinajstić information content (AvgIpc) is 2.34. The molecule has 0 bridgehead atoms. The fourth-order valence-corrected chi connectivity index (χ4v) is 2.03. The fraction of sp³-hybridized carbons (Fsp3) is 0.143. The van der Waals surface area contributed by atoms with Crippen LogP contribution in [0.3, 0.4) is 0 Å². The molecule has 0 spiro atoms. The second kappa shape index (κ2) is 5.64. The summed E-state index contributed by atoms with van der Waals surface area (Å²) in [5.41, 5.74) is 0.951. The Balaban J connectivity index is 2.21. The number of thioether (sulfide) groups is 1. The first-order chi connectivity index (χ1) is 8.27. The quantitative estimate of drug-likeness (QED) is 0.826. The predicted molar refractivity (Wildman–Crippen MR) is 73.9 cm³/mol. The molecule has 1 heterocycles. The van der Waals surface area contributed by atoms with Crippen LogP contribution in [0, 0.1) is 0 Å². The van der Waals surface area contributed by atoms with E-state index in [0.29, 0.717) is 5.75 Å². The molecule has 17 heavy (non-hydrogen) atoms. The summed E-state index contributed by atoms with van der Waals surface area (Å²) in [5.74, 6) is 0.695. The molecule has 86 valence electrons. The number of hydrogen-bond acceptors (Lipinski definition) is 3. The fourth-order valence-electron chi connectivity index (χ4n) is 1.60. The van der Waals surface area contributed by atoms with Crippen molar-refractivity contribution in [2.75, 3.05) is 5.75 Å². The molecule has 0 amide bonds. The number of hydrogen-bond donors (Lipinski definition) is 0. The van der Waals surface area contributed by atoms with Crippen LogP contribution in [0.1, 0.15) is 12.6 Å². The Labute approximate surface area is 105 Å². The summed E-state index contributed by atoms with van der Waals surface area (Å²) in [4.78, 5) is 15.1. The minimum Gasteiger partial charge on any atom is -0.288 e. The number of nitrogens with zero attached hydrogens (tertiary/aromatic N) is 1. The van der Waals surface area contributed by atoms with Gasteiger partial charge in [-0.1, -0.05) is 42.1 Å². The molecule has 2 nitrogen and oxygen atoms in total. The van der Waals surface area contributed by atoms with Crippen LogP contribution in [-0.2, 0) is 4.79 Å². The van der Waals surface area contributed by atoms with Gasteiger partial charge in [-0.05, 0) is 17.5 Å². The Morgan fingerprint density at radius 3 is 3.00 bits per heavy atom. The van der Waals surface area contributed by atoms with Gasteiger partial charge in [-0.2, -0.15) is 0 Å². The third-order valence-corrected chi connectivity index (χ3v) is 3.13. The molecule has 0 aliphatic heterocycles. The van der Waals surface area contributed by atoms with Crippen LogP contribution < -0.4 is 0 Å². The maximum atomic E-state index is 10.8. The summed E-state index contributed by atoms with van der Waals surface area (Å²) in [6.07, 6.45) is 5.75. The van der Waals surface area contributed by atoms with E-state index in [0.717, 1.165) is 11.1 Å². The maximum absolute atomic E-state index is 10.8. The molecule has 0 saturated carbocycles. The molecule has 0 N–H and O–H groups in total. The van der Waals surface area contributed by atoms with Crippen molar-refractivity contribution in [1.82, 2.24) is 4.98 Å². The van der Waals surface area contributed by atoms with Crippen LogP contribution in [0.2, 0.25) is 0 Å². The first-order valence-electron chi connectivity index (χ1n) is 5.41. The summed E-state index contributed by atoms with van der Waals surface area (Å²) in [7, 11) is 0. The van der Waals surface area contributed by atoms with Gasteiger partial charge in [-0.3, -0.25) is 9.78 Å². The lowest BCUT2D eigenvalue weighted by Crippen LogP contribution is -1.85. The van der Waals surface area contributed by atoms with E-state index in [1.807, 2.05) is 30.4 Å². The molecule has 0 atom stereocenters. The highest BCUT2D eigenvalue weighted by Crippen LogP contribution is 2.17. The van der Waals surface area contributed by atoms with E-state index in [-0.39, 0.29) is 5.12 Å². The molecule has 2 rings (SSSR count). The van der Waals surface area contributed by atoms with Crippen molar-refractivity contribution in [1.29, 1.82) is 0 Å². The number of rotatable bonds is 3.